The van der Waals surface area contributed by atoms with Gasteiger partial charge in [-0.2, -0.15) is 0 Å². The molecule has 0 aliphatic rings. The van der Waals surface area contributed by atoms with Crippen LogP contribution in [0.1, 0.15) is 18.9 Å². The predicted octanol–water partition coefficient (Wildman–Crippen LogP) is 4.55. The number of rotatable bonds is 5. The lowest BCUT2D eigenvalue weighted by atomic mass is 10.2. The minimum absolute atomic E-state index is 0.528. The van der Waals surface area contributed by atoms with E-state index in [2.05, 4.69) is 40.6 Å². The van der Waals surface area contributed by atoms with Gasteiger partial charge < -0.3 is 5.32 Å². The van der Waals surface area contributed by atoms with Crippen molar-refractivity contribution in [3.8, 4) is 0 Å². The molecule has 1 heterocycles. The number of thioether (sulfide) groups is 1. The fraction of sp³-hybridized carbons (Fsp3) is 0.286. The van der Waals surface area contributed by atoms with Gasteiger partial charge in [0.25, 0.3) is 0 Å². The van der Waals surface area contributed by atoms with Crippen LogP contribution in [0.5, 0.6) is 0 Å². The number of hydrogen-bond acceptors (Lipinski definition) is 4. The zero-order valence-corrected chi connectivity index (χ0v) is 12.6. The SMILES string of the molecule is CCCc1c(Cl)ncnc1Nc1ccc(SC)cc1. The second-order valence-corrected chi connectivity index (χ2v) is 5.33. The highest BCUT2D eigenvalue weighted by molar-refractivity contribution is 7.98. The summed E-state index contributed by atoms with van der Waals surface area (Å²) in [5.41, 5.74) is 1.98. The van der Waals surface area contributed by atoms with E-state index in [-0.39, 0.29) is 0 Å². The van der Waals surface area contributed by atoms with E-state index in [9.17, 15) is 0 Å². The molecule has 2 rings (SSSR count). The van der Waals surface area contributed by atoms with Crippen LogP contribution in [0.25, 0.3) is 0 Å². The highest BCUT2D eigenvalue weighted by atomic mass is 35.5. The van der Waals surface area contributed by atoms with Crippen molar-refractivity contribution in [1.29, 1.82) is 0 Å². The van der Waals surface area contributed by atoms with Crippen LogP contribution in [0.4, 0.5) is 11.5 Å². The molecule has 3 nitrogen and oxygen atoms in total. The van der Waals surface area contributed by atoms with Gasteiger partial charge in [0, 0.05) is 16.1 Å². The Hall–Kier alpha value is -1.26. The third kappa shape index (κ3) is 3.61. The first-order valence-electron chi connectivity index (χ1n) is 6.15. The van der Waals surface area contributed by atoms with Crippen molar-refractivity contribution in [3.63, 3.8) is 0 Å². The number of nitrogens with one attached hydrogen (secondary N) is 1. The summed E-state index contributed by atoms with van der Waals surface area (Å²) < 4.78 is 0. The molecule has 0 unspecified atom stereocenters. The summed E-state index contributed by atoms with van der Waals surface area (Å²) >= 11 is 7.85. The fourth-order valence-corrected chi connectivity index (χ4v) is 2.42. The van der Waals surface area contributed by atoms with Crippen molar-refractivity contribution in [2.24, 2.45) is 0 Å². The van der Waals surface area contributed by atoms with Gasteiger partial charge in [-0.1, -0.05) is 24.9 Å². The molecule has 0 aliphatic heterocycles. The van der Waals surface area contributed by atoms with E-state index in [0.717, 1.165) is 29.9 Å². The molecule has 1 N–H and O–H groups in total. The van der Waals surface area contributed by atoms with E-state index in [4.69, 9.17) is 11.6 Å². The van der Waals surface area contributed by atoms with Gasteiger partial charge in [-0.25, -0.2) is 9.97 Å². The molecular formula is C14H16ClN3S. The van der Waals surface area contributed by atoms with Crippen molar-refractivity contribution in [2.45, 2.75) is 24.7 Å². The molecule has 19 heavy (non-hydrogen) atoms. The molecule has 0 saturated heterocycles. The van der Waals surface area contributed by atoms with E-state index in [1.165, 1.54) is 11.2 Å². The molecule has 0 aliphatic carbocycles. The van der Waals surface area contributed by atoms with Gasteiger partial charge in [0.1, 0.15) is 17.3 Å². The lowest BCUT2D eigenvalue weighted by Gasteiger charge is -2.11. The van der Waals surface area contributed by atoms with Crippen LogP contribution in [-0.2, 0) is 6.42 Å². The molecule has 0 saturated carbocycles. The van der Waals surface area contributed by atoms with Crippen molar-refractivity contribution in [1.82, 2.24) is 9.97 Å². The molecule has 1 aromatic heterocycles. The zero-order chi connectivity index (χ0) is 13.7. The lowest BCUT2D eigenvalue weighted by Crippen LogP contribution is -2.01. The van der Waals surface area contributed by atoms with Gasteiger partial charge in [0.05, 0.1) is 0 Å². The normalized spacial score (nSPS) is 10.5. The van der Waals surface area contributed by atoms with Gasteiger partial charge >= 0.3 is 0 Å². The molecule has 0 atom stereocenters. The number of halogens is 1. The van der Waals surface area contributed by atoms with Crippen LogP contribution >= 0.6 is 23.4 Å². The monoisotopic (exact) mass is 293 g/mol. The van der Waals surface area contributed by atoms with Crippen molar-refractivity contribution >= 4 is 34.9 Å². The Kier molecular flexibility index (Phi) is 5.05. The van der Waals surface area contributed by atoms with Gasteiger partial charge in [-0.05, 0) is 36.9 Å². The van der Waals surface area contributed by atoms with E-state index >= 15 is 0 Å². The molecule has 0 radical (unpaired) electrons. The summed E-state index contributed by atoms with van der Waals surface area (Å²) in [4.78, 5) is 9.56. The van der Waals surface area contributed by atoms with E-state index in [1.807, 2.05) is 12.1 Å². The third-order valence-corrected chi connectivity index (χ3v) is 3.81. The number of nitrogens with zero attached hydrogens (tertiary/aromatic N) is 2. The Morgan fingerprint density at radius 2 is 1.95 bits per heavy atom. The first-order valence-corrected chi connectivity index (χ1v) is 7.75. The van der Waals surface area contributed by atoms with Gasteiger partial charge in [0.2, 0.25) is 0 Å². The molecule has 0 spiro atoms. The molecule has 1 aromatic carbocycles. The average molecular weight is 294 g/mol. The van der Waals surface area contributed by atoms with Crippen LogP contribution in [0.3, 0.4) is 0 Å². The van der Waals surface area contributed by atoms with Gasteiger partial charge in [0.15, 0.2) is 0 Å². The quantitative estimate of drug-likeness (QED) is 0.648. The number of anilines is 2. The van der Waals surface area contributed by atoms with E-state index in [1.54, 1.807) is 11.8 Å². The Morgan fingerprint density at radius 1 is 1.21 bits per heavy atom. The molecule has 5 heteroatoms. The predicted molar refractivity (Wildman–Crippen MR) is 82.5 cm³/mol. The largest absolute Gasteiger partial charge is 0.340 e. The van der Waals surface area contributed by atoms with Gasteiger partial charge in [-0.3, -0.25) is 0 Å². The van der Waals surface area contributed by atoms with Crippen LogP contribution in [0.2, 0.25) is 5.15 Å². The van der Waals surface area contributed by atoms with Crippen LogP contribution in [0, 0.1) is 0 Å². The summed E-state index contributed by atoms with van der Waals surface area (Å²) in [6, 6.07) is 8.24. The molecular weight excluding hydrogens is 278 g/mol. The topological polar surface area (TPSA) is 37.8 Å². The molecule has 2 aromatic rings. The Labute approximate surface area is 122 Å². The summed E-state index contributed by atoms with van der Waals surface area (Å²) in [6.45, 7) is 2.11. The number of benzene rings is 1. The summed E-state index contributed by atoms with van der Waals surface area (Å²) in [6.07, 6.45) is 5.42. The number of hydrogen-bond donors (Lipinski definition) is 1. The van der Waals surface area contributed by atoms with E-state index < -0.39 is 0 Å². The first kappa shape index (κ1) is 14.2. The third-order valence-electron chi connectivity index (χ3n) is 2.75. The Morgan fingerprint density at radius 3 is 2.58 bits per heavy atom. The van der Waals surface area contributed by atoms with Crippen LogP contribution in [-0.4, -0.2) is 16.2 Å². The lowest BCUT2D eigenvalue weighted by molar-refractivity contribution is 0.904. The van der Waals surface area contributed by atoms with Crippen molar-refractivity contribution in [3.05, 3.63) is 41.3 Å². The summed E-state index contributed by atoms with van der Waals surface area (Å²) in [5.74, 6) is 0.791. The maximum Gasteiger partial charge on any atom is 0.138 e. The van der Waals surface area contributed by atoms with Gasteiger partial charge in [-0.15, -0.1) is 11.8 Å². The van der Waals surface area contributed by atoms with Crippen LogP contribution < -0.4 is 5.32 Å². The average Bonchev–Trinajstić information content (AvgIpc) is 2.43. The van der Waals surface area contributed by atoms with Crippen molar-refractivity contribution in [2.75, 3.05) is 11.6 Å². The smallest absolute Gasteiger partial charge is 0.138 e. The minimum atomic E-state index is 0.528. The summed E-state index contributed by atoms with van der Waals surface area (Å²) in [5, 5.41) is 3.83. The fourth-order valence-electron chi connectivity index (χ4n) is 1.78. The zero-order valence-electron chi connectivity index (χ0n) is 11.0. The standard InChI is InChI=1S/C14H16ClN3S/c1-3-4-12-13(15)16-9-17-14(12)18-10-5-7-11(19-2)8-6-10/h5-9H,3-4H2,1-2H3,(H,16,17,18). The minimum Gasteiger partial charge on any atom is -0.340 e. The molecule has 0 amide bonds. The van der Waals surface area contributed by atoms with Crippen molar-refractivity contribution < 1.29 is 0 Å². The second-order valence-electron chi connectivity index (χ2n) is 4.10. The second kappa shape index (κ2) is 6.78. The van der Waals surface area contributed by atoms with E-state index in [0.29, 0.717) is 5.15 Å². The summed E-state index contributed by atoms with van der Waals surface area (Å²) in [7, 11) is 0. The number of aromatic nitrogens is 2. The maximum absolute atomic E-state index is 6.13. The highest BCUT2D eigenvalue weighted by Crippen LogP contribution is 2.25. The maximum atomic E-state index is 6.13. The molecule has 100 valence electrons. The van der Waals surface area contributed by atoms with Crippen LogP contribution in [0.15, 0.2) is 35.5 Å². The molecule has 0 bridgehead atoms. The molecule has 0 fully saturated rings. The first-order chi connectivity index (χ1) is 9.24. The Balaban J connectivity index is 2.24. The highest BCUT2D eigenvalue weighted by Gasteiger charge is 2.09. The Bertz CT molecular complexity index is 543.